The summed E-state index contributed by atoms with van der Waals surface area (Å²) in [5.41, 5.74) is 1.97. The first-order valence-corrected chi connectivity index (χ1v) is 13.8. The summed E-state index contributed by atoms with van der Waals surface area (Å²) >= 11 is 2.86. The zero-order chi connectivity index (χ0) is 23.7. The maximum absolute atomic E-state index is 12.9. The first kappa shape index (κ1) is 23.1. The van der Waals surface area contributed by atoms with Crippen LogP contribution in [0.5, 0.6) is 0 Å². The lowest BCUT2D eigenvalue weighted by Gasteiger charge is -2.20. The predicted molar refractivity (Wildman–Crippen MR) is 134 cm³/mol. The highest BCUT2D eigenvalue weighted by atomic mass is 32.2. The van der Waals surface area contributed by atoms with Gasteiger partial charge in [-0.25, -0.2) is 18.4 Å². The number of nitrogens with one attached hydrogen (secondary N) is 1. The maximum Gasteiger partial charge on any atom is 0.257 e. The first-order valence-electron chi connectivity index (χ1n) is 10.7. The van der Waals surface area contributed by atoms with Crippen LogP contribution in [0, 0.1) is 0 Å². The van der Waals surface area contributed by atoms with Gasteiger partial charge in [-0.3, -0.25) is 10.1 Å². The Morgan fingerprint density at radius 2 is 1.97 bits per heavy atom. The second-order valence-corrected chi connectivity index (χ2v) is 11.9. The van der Waals surface area contributed by atoms with Gasteiger partial charge in [0, 0.05) is 31.1 Å². The molecule has 1 atom stereocenters. The summed E-state index contributed by atoms with van der Waals surface area (Å²) in [6, 6.07) is 13.8. The molecule has 34 heavy (non-hydrogen) atoms. The van der Waals surface area contributed by atoms with E-state index in [0.29, 0.717) is 29.5 Å². The summed E-state index contributed by atoms with van der Waals surface area (Å²) in [6.07, 6.45) is 1.73. The molecule has 3 heterocycles. The molecule has 0 aliphatic carbocycles. The number of fused-ring (bicyclic) bond motifs is 1. The van der Waals surface area contributed by atoms with Crippen molar-refractivity contribution in [2.75, 3.05) is 25.5 Å². The summed E-state index contributed by atoms with van der Waals surface area (Å²) in [4.78, 5) is 21.9. The van der Waals surface area contributed by atoms with Crippen molar-refractivity contribution in [3.8, 4) is 10.7 Å². The third-order valence-corrected chi connectivity index (χ3v) is 9.20. The minimum absolute atomic E-state index is 0.0734. The van der Waals surface area contributed by atoms with Crippen molar-refractivity contribution in [2.24, 2.45) is 0 Å². The van der Waals surface area contributed by atoms with Gasteiger partial charge in [-0.05, 0) is 49.2 Å². The number of sulfonamides is 1. The van der Waals surface area contributed by atoms with E-state index in [1.165, 1.54) is 39.9 Å². The number of benzene rings is 2. The smallest absolute Gasteiger partial charge is 0.257 e. The van der Waals surface area contributed by atoms with Crippen LogP contribution in [0.4, 0.5) is 5.13 Å². The van der Waals surface area contributed by atoms with E-state index in [4.69, 9.17) is 4.74 Å². The summed E-state index contributed by atoms with van der Waals surface area (Å²) in [6.45, 7) is 0.981. The van der Waals surface area contributed by atoms with Crippen LogP contribution < -0.4 is 5.32 Å². The molecule has 11 heteroatoms. The molecule has 1 amide bonds. The number of hydrogen-bond donors (Lipinski definition) is 1. The van der Waals surface area contributed by atoms with Crippen LogP contribution in [-0.4, -0.2) is 54.9 Å². The highest BCUT2D eigenvalue weighted by Crippen LogP contribution is 2.32. The highest BCUT2D eigenvalue weighted by Gasteiger charge is 2.26. The van der Waals surface area contributed by atoms with Gasteiger partial charge < -0.3 is 4.74 Å². The van der Waals surface area contributed by atoms with Crippen LogP contribution in [0.25, 0.3) is 20.9 Å². The quantitative estimate of drug-likeness (QED) is 0.390. The molecule has 176 valence electrons. The first-order chi connectivity index (χ1) is 16.4. The standard InChI is InChI=1S/C23H22N4O4S3/c1-27(13-16-5-4-12-31-16)34(29,30)17-10-8-15(9-11-17)21(28)26-23-25-19(14-32-23)22-24-18-6-2-3-7-20(18)33-22/h2-3,6-11,14,16H,4-5,12-13H2,1H3,(H,25,26,28). The predicted octanol–water partition coefficient (Wildman–Crippen LogP) is 4.47. The number of amides is 1. The molecule has 1 fully saturated rings. The van der Waals surface area contributed by atoms with Gasteiger partial charge in [-0.1, -0.05) is 12.1 Å². The van der Waals surface area contributed by atoms with Crippen molar-refractivity contribution >= 4 is 54.0 Å². The molecule has 8 nitrogen and oxygen atoms in total. The van der Waals surface area contributed by atoms with Gasteiger partial charge >= 0.3 is 0 Å². The van der Waals surface area contributed by atoms with E-state index in [1.807, 2.05) is 29.6 Å². The van der Waals surface area contributed by atoms with Crippen LogP contribution in [-0.2, 0) is 14.8 Å². The number of carbonyl (C=O) groups excluding carboxylic acids is 1. The Bertz CT molecular complexity index is 1390. The number of para-hydroxylation sites is 1. The van der Waals surface area contributed by atoms with Crippen molar-refractivity contribution in [3.63, 3.8) is 0 Å². The summed E-state index contributed by atoms with van der Waals surface area (Å²) < 4.78 is 33.6. The van der Waals surface area contributed by atoms with E-state index in [-0.39, 0.29) is 16.9 Å². The SMILES string of the molecule is CN(CC1CCCO1)S(=O)(=O)c1ccc(C(=O)Nc2nc(-c3nc4ccccc4s3)cs2)cc1. The molecule has 2 aromatic carbocycles. The number of nitrogens with zero attached hydrogens (tertiary/aromatic N) is 3. The Balaban J connectivity index is 1.25. The molecule has 1 saturated heterocycles. The molecule has 0 radical (unpaired) electrons. The van der Waals surface area contributed by atoms with Crippen molar-refractivity contribution in [2.45, 2.75) is 23.8 Å². The van der Waals surface area contributed by atoms with Gasteiger partial charge in [-0.2, -0.15) is 4.31 Å². The average Bonchev–Trinajstić information content (AvgIpc) is 3.59. The lowest BCUT2D eigenvalue weighted by molar-refractivity contribution is 0.0979. The number of rotatable bonds is 7. The van der Waals surface area contributed by atoms with Crippen molar-refractivity contribution in [1.82, 2.24) is 14.3 Å². The molecular formula is C23H22N4O4S3. The van der Waals surface area contributed by atoms with E-state index in [1.54, 1.807) is 18.4 Å². The minimum atomic E-state index is -3.66. The third-order valence-electron chi connectivity index (χ3n) is 5.55. The van der Waals surface area contributed by atoms with Gasteiger partial charge in [0.1, 0.15) is 10.7 Å². The molecule has 2 aromatic heterocycles. The molecule has 0 saturated carbocycles. The topological polar surface area (TPSA) is 101 Å². The molecule has 1 aliphatic heterocycles. The fourth-order valence-electron chi connectivity index (χ4n) is 3.71. The van der Waals surface area contributed by atoms with Crippen LogP contribution in [0.3, 0.4) is 0 Å². The van der Waals surface area contributed by atoms with Crippen LogP contribution in [0.2, 0.25) is 0 Å². The monoisotopic (exact) mass is 514 g/mol. The maximum atomic E-state index is 12.9. The van der Waals surface area contributed by atoms with Gasteiger partial charge in [0.15, 0.2) is 5.13 Å². The van der Waals surface area contributed by atoms with Gasteiger partial charge in [0.05, 0.1) is 21.2 Å². The molecular weight excluding hydrogens is 492 g/mol. The number of carbonyl (C=O) groups is 1. The molecule has 1 aliphatic rings. The fourth-order valence-corrected chi connectivity index (χ4v) is 6.61. The average molecular weight is 515 g/mol. The van der Waals surface area contributed by atoms with Gasteiger partial charge in [0.2, 0.25) is 10.0 Å². The van der Waals surface area contributed by atoms with E-state index >= 15 is 0 Å². The number of ether oxygens (including phenoxy) is 1. The van der Waals surface area contributed by atoms with Crippen molar-refractivity contribution in [1.29, 1.82) is 0 Å². The summed E-state index contributed by atoms with van der Waals surface area (Å²) in [5.74, 6) is -0.359. The Morgan fingerprint density at radius 1 is 1.18 bits per heavy atom. The second kappa shape index (κ2) is 9.51. The Hall–Kier alpha value is -2.70. The second-order valence-electron chi connectivity index (χ2n) is 7.92. The summed E-state index contributed by atoms with van der Waals surface area (Å²) in [5, 5.41) is 5.88. The number of aromatic nitrogens is 2. The normalized spacial score (nSPS) is 16.4. The minimum Gasteiger partial charge on any atom is -0.377 e. The van der Waals surface area contributed by atoms with E-state index in [9.17, 15) is 13.2 Å². The fraction of sp³-hybridized carbons (Fsp3) is 0.261. The van der Waals surface area contributed by atoms with Gasteiger partial charge in [-0.15, -0.1) is 22.7 Å². The Kier molecular flexibility index (Phi) is 6.45. The van der Waals surface area contributed by atoms with Crippen LogP contribution >= 0.6 is 22.7 Å². The molecule has 0 spiro atoms. The van der Waals surface area contributed by atoms with Crippen molar-refractivity contribution < 1.29 is 17.9 Å². The number of hydrogen-bond acceptors (Lipinski definition) is 8. The molecule has 1 N–H and O–H groups in total. The number of anilines is 1. The zero-order valence-electron chi connectivity index (χ0n) is 18.3. The van der Waals surface area contributed by atoms with E-state index in [0.717, 1.165) is 28.1 Å². The number of thiazole rings is 2. The highest BCUT2D eigenvalue weighted by molar-refractivity contribution is 7.89. The summed E-state index contributed by atoms with van der Waals surface area (Å²) in [7, 11) is -2.12. The Labute approximate surface area is 205 Å². The van der Waals surface area contributed by atoms with Gasteiger partial charge in [0.25, 0.3) is 5.91 Å². The molecule has 5 rings (SSSR count). The molecule has 4 aromatic rings. The molecule has 1 unspecified atom stereocenters. The van der Waals surface area contributed by atoms with Crippen LogP contribution in [0.15, 0.2) is 58.8 Å². The lowest BCUT2D eigenvalue weighted by Crippen LogP contribution is -2.34. The van der Waals surface area contributed by atoms with Crippen LogP contribution in [0.1, 0.15) is 23.2 Å². The number of likely N-dealkylation sites (N-methyl/N-ethyl adjacent to an activating group) is 1. The lowest BCUT2D eigenvalue weighted by atomic mass is 10.2. The van der Waals surface area contributed by atoms with E-state index in [2.05, 4.69) is 15.3 Å². The Morgan fingerprint density at radius 3 is 2.71 bits per heavy atom. The van der Waals surface area contributed by atoms with E-state index < -0.39 is 10.0 Å². The largest absolute Gasteiger partial charge is 0.377 e. The third kappa shape index (κ3) is 4.75. The van der Waals surface area contributed by atoms with Crippen molar-refractivity contribution in [3.05, 3.63) is 59.5 Å². The molecule has 0 bridgehead atoms. The zero-order valence-corrected chi connectivity index (χ0v) is 20.8.